The molecule has 1 aromatic heterocycles. The Balaban J connectivity index is 1.96. The Kier molecular flexibility index (Phi) is 6.66. The van der Waals surface area contributed by atoms with Crippen LogP contribution in [0.2, 0.25) is 0 Å². The van der Waals surface area contributed by atoms with Crippen LogP contribution >= 0.6 is 0 Å². The Labute approximate surface area is 143 Å². The van der Waals surface area contributed by atoms with Gasteiger partial charge in [-0.05, 0) is 30.5 Å². The molecule has 6 heteroatoms. The molecule has 0 saturated carbocycles. The van der Waals surface area contributed by atoms with E-state index in [9.17, 15) is 0 Å². The van der Waals surface area contributed by atoms with Crippen LogP contribution in [-0.4, -0.2) is 24.8 Å². The van der Waals surface area contributed by atoms with Crippen molar-refractivity contribution in [2.45, 2.75) is 39.8 Å². The number of ether oxygens (including phenoxy) is 1. The molecule has 0 fully saturated rings. The van der Waals surface area contributed by atoms with Crippen LogP contribution in [0.15, 0.2) is 39.8 Å². The zero-order valence-electron chi connectivity index (χ0n) is 14.8. The van der Waals surface area contributed by atoms with Gasteiger partial charge < -0.3 is 19.9 Å². The van der Waals surface area contributed by atoms with Gasteiger partial charge in [0.25, 0.3) is 0 Å². The maximum atomic E-state index is 5.34. The van der Waals surface area contributed by atoms with Crippen LogP contribution in [0.1, 0.15) is 43.7 Å². The Hall–Kier alpha value is -2.50. The molecule has 130 valence electrons. The zero-order chi connectivity index (χ0) is 17.4. The highest BCUT2D eigenvalue weighted by atomic mass is 16.5. The molecule has 0 aliphatic carbocycles. The van der Waals surface area contributed by atoms with Crippen LogP contribution in [0, 0.1) is 0 Å². The molecule has 2 rings (SSSR count). The Bertz CT molecular complexity index is 665. The summed E-state index contributed by atoms with van der Waals surface area (Å²) in [4.78, 5) is 4.59. The van der Waals surface area contributed by atoms with Crippen molar-refractivity contribution in [3.8, 4) is 5.75 Å². The first-order valence-corrected chi connectivity index (χ1v) is 8.23. The summed E-state index contributed by atoms with van der Waals surface area (Å²) in [6.07, 6.45) is 0. The monoisotopic (exact) mass is 330 g/mol. The van der Waals surface area contributed by atoms with Crippen LogP contribution in [0.4, 0.5) is 0 Å². The fourth-order valence-corrected chi connectivity index (χ4v) is 2.14. The molecule has 0 spiro atoms. The molecule has 2 aromatic rings. The van der Waals surface area contributed by atoms with E-state index in [4.69, 9.17) is 9.26 Å². The molecule has 24 heavy (non-hydrogen) atoms. The normalized spacial score (nSPS) is 11.6. The summed E-state index contributed by atoms with van der Waals surface area (Å²) in [6.45, 7) is 8.12. The number of benzene rings is 1. The van der Waals surface area contributed by atoms with E-state index in [1.54, 1.807) is 7.11 Å². The summed E-state index contributed by atoms with van der Waals surface area (Å²) < 4.78 is 10.6. The minimum absolute atomic E-state index is 0.359. The molecule has 6 nitrogen and oxygen atoms in total. The van der Waals surface area contributed by atoms with E-state index < -0.39 is 0 Å². The van der Waals surface area contributed by atoms with E-state index in [0.29, 0.717) is 19.0 Å². The van der Waals surface area contributed by atoms with Crippen molar-refractivity contribution in [3.63, 3.8) is 0 Å². The minimum Gasteiger partial charge on any atom is -0.497 e. The number of rotatable bonds is 7. The van der Waals surface area contributed by atoms with Gasteiger partial charge in [0.15, 0.2) is 11.7 Å². The van der Waals surface area contributed by atoms with Crippen LogP contribution in [0.25, 0.3) is 0 Å². The molecule has 0 aliphatic heterocycles. The molecule has 0 amide bonds. The van der Waals surface area contributed by atoms with Gasteiger partial charge in [-0.25, -0.2) is 4.99 Å². The van der Waals surface area contributed by atoms with Crippen molar-refractivity contribution in [3.05, 3.63) is 47.3 Å². The Morgan fingerprint density at radius 2 is 2.12 bits per heavy atom. The summed E-state index contributed by atoms with van der Waals surface area (Å²) in [5, 5.41) is 10.6. The van der Waals surface area contributed by atoms with Gasteiger partial charge in [0.1, 0.15) is 5.75 Å². The zero-order valence-corrected chi connectivity index (χ0v) is 14.8. The average Bonchev–Trinajstić information content (AvgIpc) is 3.07. The highest BCUT2D eigenvalue weighted by Crippen LogP contribution is 2.14. The molecule has 0 saturated heterocycles. The second kappa shape index (κ2) is 8.96. The lowest BCUT2D eigenvalue weighted by molar-refractivity contribution is 0.372. The van der Waals surface area contributed by atoms with E-state index in [0.717, 1.165) is 35.3 Å². The minimum atomic E-state index is 0.359. The lowest BCUT2D eigenvalue weighted by Crippen LogP contribution is -2.36. The summed E-state index contributed by atoms with van der Waals surface area (Å²) in [6, 6.07) is 9.88. The smallest absolute Gasteiger partial charge is 0.191 e. The topological polar surface area (TPSA) is 71.7 Å². The Morgan fingerprint density at radius 1 is 1.29 bits per heavy atom. The summed E-state index contributed by atoms with van der Waals surface area (Å²) in [7, 11) is 1.66. The average molecular weight is 330 g/mol. The first-order valence-electron chi connectivity index (χ1n) is 8.23. The molecule has 0 atom stereocenters. The van der Waals surface area contributed by atoms with Gasteiger partial charge in [-0.2, -0.15) is 0 Å². The third-order valence-electron chi connectivity index (χ3n) is 3.50. The third-order valence-corrected chi connectivity index (χ3v) is 3.50. The standard InChI is InChI=1S/C18H26N4O2/c1-5-19-18(20-11-14-7-6-8-15(9-14)23-4)21-12-16-10-17(13(2)3)22-24-16/h6-10,13H,5,11-12H2,1-4H3,(H2,19,20,21). The van der Waals surface area contributed by atoms with E-state index in [2.05, 4.69) is 34.6 Å². The molecule has 0 aliphatic rings. The lowest BCUT2D eigenvalue weighted by atomic mass is 10.1. The van der Waals surface area contributed by atoms with E-state index in [1.165, 1.54) is 0 Å². The molecule has 0 bridgehead atoms. The van der Waals surface area contributed by atoms with Gasteiger partial charge in [0.05, 0.1) is 25.9 Å². The second-order valence-corrected chi connectivity index (χ2v) is 5.77. The van der Waals surface area contributed by atoms with Gasteiger partial charge in [0.2, 0.25) is 0 Å². The maximum Gasteiger partial charge on any atom is 0.191 e. The van der Waals surface area contributed by atoms with Crippen molar-refractivity contribution in [2.24, 2.45) is 4.99 Å². The number of aliphatic imine (C=N–C) groups is 1. The highest BCUT2D eigenvalue weighted by molar-refractivity contribution is 5.79. The van der Waals surface area contributed by atoms with Gasteiger partial charge in [0, 0.05) is 12.6 Å². The number of guanidine groups is 1. The van der Waals surface area contributed by atoms with Crippen LogP contribution in [0.5, 0.6) is 5.75 Å². The number of hydrogen-bond acceptors (Lipinski definition) is 4. The number of hydrogen-bond donors (Lipinski definition) is 2. The van der Waals surface area contributed by atoms with Gasteiger partial charge in [-0.3, -0.25) is 0 Å². The summed E-state index contributed by atoms with van der Waals surface area (Å²) in [5.41, 5.74) is 2.05. The largest absolute Gasteiger partial charge is 0.497 e. The first kappa shape index (κ1) is 17.8. The van der Waals surface area contributed by atoms with Crippen molar-refractivity contribution in [1.82, 2.24) is 15.8 Å². The van der Waals surface area contributed by atoms with Crippen LogP contribution in [-0.2, 0) is 13.1 Å². The summed E-state index contributed by atoms with van der Waals surface area (Å²) >= 11 is 0. The number of nitrogens with one attached hydrogen (secondary N) is 2. The van der Waals surface area contributed by atoms with E-state index in [1.807, 2.05) is 37.3 Å². The second-order valence-electron chi connectivity index (χ2n) is 5.77. The fraction of sp³-hybridized carbons (Fsp3) is 0.444. The first-order chi connectivity index (χ1) is 11.6. The van der Waals surface area contributed by atoms with Gasteiger partial charge >= 0.3 is 0 Å². The van der Waals surface area contributed by atoms with Crippen molar-refractivity contribution in [1.29, 1.82) is 0 Å². The van der Waals surface area contributed by atoms with E-state index >= 15 is 0 Å². The Morgan fingerprint density at radius 3 is 2.79 bits per heavy atom. The fourth-order valence-electron chi connectivity index (χ4n) is 2.14. The molecule has 0 radical (unpaired) electrons. The molecule has 1 heterocycles. The highest BCUT2D eigenvalue weighted by Gasteiger charge is 2.08. The third kappa shape index (κ3) is 5.30. The molecule has 0 unspecified atom stereocenters. The quantitative estimate of drug-likeness (QED) is 0.603. The molecular formula is C18H26N4O2. The van der Waals surface area contributed by atoms with Crippen LogP contribution in [0.3, 0.4) is 0 Å². The van der Waals surface area contributed by atoms with Crippen molar-refractivity contribution in [2.75, 3.05) is 13.7 Å². The van der Waals surface area contributed by atoms with Crippen molar-refractivity contribution >= 4 is 5.96 Å². The summed E-state index contributed by atoms with van der Waals surface area (Å²) in [5.74, 6) is 2.73. The van der Waals surface area contributed by atoms with Gasteiger partial charge in [-0.15, -0.1) is 0 Å². The number of nitrogens with zero attached hydrogens (tertiary/aromatic N) is 2. The van der Waals surface area contributed by atoms with Crippen molar-refractivity contribution < 1.29 is 9.26 Å². The molecular weight excluding hydrogens is 304 g/mol. The number of methoxy groups -OCH3 is 1. The SMILES string of the molecule is CCNC(=NCc1cccc(OC)c1)NCc1cc(C(C)C)no1. The lowest BCUT2D eigenvalue weighted by Gasteiger charge is -2.10. The van der Waals surface area contributed by atoms with Crippen LogP contribution < -0.4 is 15.4 Å². The maximum absolute atomic E-state index is 5.34. The van der Waals surface area contributed by atoms with E-state index in [-0.39, 0.29) is 0 Å². The van der Waals surface area contributed by atoms with Gasteiger partial charge in [-0.1, -0.05) is 31.1 Å². The predicted octanol–water partition coefficient (Wildman–Crippen LogP) is 3.06. The molecule has 2 N–H and O–H groups in total. The number of aromatic nitrogens is 1. The predicted molar refractivity (Wildman–Crippen MR) is 95.2 cm³/mol. The molecule has 1 aromatic carbocycles.